The molecule has 41 heavy (non-hydrogen) atoms. The molecule has 1 aromatic heterocycles. The van der Waals surface area contributed by atoms with E-state index in [1.807, 2.05) is 0 Å². The van der Waals surface area contributed by atoms with Gasteiger partial charge in [0.15, 0.2) is 17.4 Å². The number of carbonyl (C=O) groups is 1. The Labute approximate surface area is 223 Å². The van der Waals surface area contributed by atoms with E-state index in [1.165, 1.54) is 11.8 Å². The Kier molecular flexibility index (Phi) is 7.69. The number of halogens is 12. The Bertz CT molecular complexity index is 1490. The van der Waals surface area contributed by atoms with Gasteiger partial charge in [-0.2, -0.15) is 39.5 Å². The summed E-state index contributed by atoms with van der Waals surface area (Å²) in [6.45, 7) is -0.123. The van der Waals surface area contributed by atoms with Crippen molar-refractivity contribution in [3.8, 4) is 11.3 Å². The summed E-state index contributed by atoms with van der Waals surface area (Å²) in [5.74, 6) is -7.20. The minimum Gasteiger partial charge on any atom is -0.321 e. The van der Waals surface area contributed by atoms with Crippen molar-refractivity contribution in [2.24, 2.45) is 0 Å². The van der Waals surface area contributed by atoms with Crippen molar-refractivity contribution in [2.75, 3.05) is 6.54 Å². The van der Waals surface area contributed by atoms with E-state index in [1.54, 1.807) is 0 Å². The molecule has 1 atom stereocenters. The third-order valence-corrected chi connectivity index (χ3v) is 6.60. The molecular weight excluding hydrogens is 586 g/mol. The van der Waals surface area contributed by atoms with E-state index in [0.29, 0.717) is 16.7 Å². The molecule has 0 fully saturated rings. The lowest BCUT2D eigenvalue weighted by Crippen LogP contribution is -2.45. The first-order valence-electron chi connectivity index (χ1n) is 11.7. The number of rotatable bonds is 5. The molecule has 3 aromatic rings. The minimum absolute atomic E-state index is 0.124. The fourth-order valence-electron chi connectivity index (χ4n) is 4.75. The standard InChI is InChI=1S/C25H17F12N3O/c1-2-18(21(41)13-8-16(27)17(28)9-15(13)26)39-5-6-40-19(10-39)20(38-22(40)25(35,36)37)12-4-3-11(23(29,30)31)7-14(12)24(32,33)34/h3-4,7-9,18H,2,5-6,10H2,1H3. The van der Waals surface area contributed by atoms with Crippen LogP contribution in [0.25, 0.3) is 11.3 Å². The number of aromatic nitrogens is 2. The van der Waals surface area contributed by atoms with Gasteiger partial charge >= 0.3 is 18.5 Å². The Balaban J connectivity index is 1.84. The number of imidazole rings is 1. The van der Waals surface area contributed by atoms with Gasteiger partial charge in [-0.05, 0) is 24.6 Å². The molecular formula is C25H17F12N3O. The topological polar surface area (TPSA) is 38.1 Å². The number of hydrogen-bond donors (Lipinski definition) is 0. The maximum atomic E-state index is 14.3. The summed E-state index contributed by atoms with van der Waals surface area (Å²) in [7, 11) is 0. The van der Waals surface area contributed by atoms with Crippen LogP contribution in [0.5, 0.6) is 0 Å². The summed E-state index contributed by atoms with van der Waals surface area (Å²) >= 11 is 0. The molecule has 0 saturated carbocycles. The zero-order valence-corrected chi connectivity index (χ0v) is 20.6. The Morgan fingerprint density at radius 3 is 2.05 bits per heavy atom. The molecule has 0 spiro atoms. The summed E-state index contributed by atoms with van der Waals surface area (Å²) < 4.78 is 164. The van der Waals surface area contributed by atoms with Crippen LogP contribution >= 0.6 is 0 Å². The first-order chi connectivity index (χ1) is 18.8. The SMILES string of the molecule is CCC(C(=O)c1cc(F)c(F)cc1F)N1CCn2c(C(F)(F)F)nc(-c3ccc(C(F)(F)F)cc3C(F)(F)F)c2C1. The first-order valence-corrected chi connectivity index (χ1v) is 11.7. The van der Waals surface area contributed by atoms with Gasteiger partial charge in [0.1, 0.15) is 5.82 Å². The zero-order valence-electron chi connectivity index (χ0n) is 20.6. The van der Waals surface area contributed by atoms with Crippen molar-refractivity contribution < 1.29 is 57.5 Å². The van der Waals surface area contributed by atoms with Gasteiger partial charge in [0.25, 0.3) is 0 Å². The number of alkyl halides is 9. The van der Waals surface area contributed by atoms with E-state index in [2.05, 4.69) is 4.98 Å². The fraction of sp³-hybridized carbons (Fsp3) is 0.360. The highest BCUT2D eigenvalue weighted by Gasteiger charge is 2.44. The number of Topliss-reactive ketones (excluding diaryl/α,β-unsaturated/α-hetero) is 1. The third kappa shape index (κ3) is 5.78. The predicted octanol–water partition coefficient (Wildman–Crippen LogP) is 7.50. The normalized spacial score (nSPS) is 15.6. The van der Waals surface area contributed by atoms with Gasteiger partial charge in [-0.25, -0.2) is 18.2 Å². The average Bonchev–Trinajstić information content (AvgIpc) is 3.24. The van der Waals surface area contributed by atoms with Crippen molar-refractivity contribution >= 4 is 5.78 Å². The van der Waals surface area contributed by atoms with Gasteiger partial charge in [0, 0.05) is 31.3 Å². The molecule has 1 unspecified atom stereocenters. The Morgan fingerprint density at radius 1 is 0.854 bits per heavy atom. The summed E-state index contributed by atoms with van der Waals surface area (Å²) in [6, 6.07) is -0.484. The predicted molar refractivity (Wildman–Crippen MR) is 118 cm³/mol. The highest BCUT2D eigenvalue weighted by atomic mass is 19.4. The molecule has 0 amide bonds. The van der Waals surface area contributed by atoms with Crippen LogP contribution in [0.4, 0.5) is 52.7 Å². The number of carbonyl (C=O) groups excluding carboxylic acids is 1. The number of ketones is 1. The number of hydrogen-bond acceptors (Lipinski definition) is 3. The third-order valence-electron chi connectivity index (χ3n) is 6.60. The van der Waals surface area contributed by atoms with Crippen LogP contribution in [0.15, 0.2) is 30.3 Å². The summed E-state index contributed by atoms with van der Waals surface area (Å²) in [4.78, 5) is 17.6. The molecule has 222 valence electrons. The number of fused-ring (bicyclic) bond motifs is 1. The molecule has 4 rings (SSSR count). The van der Waals surface area contributed by atoms with Gasteiger partial charge in [0.2, 0.25) is 5.82 Å². The first kappa shape index (κ1) is 30.4. The molecule has 4 nitrogen and oxygen atoms in total. The second kappa shape index (κ2) is 10.4. The van der Waals surface area contributed by atoms with Gasteiger partial charge < -0.3 is 4.57 Å². The quantitative estimate of drug-likeness (QED) is 0.172. The van der Waals surface area contributed by atoms with Crippen LogP contribution in [0.1, 0.15) is 46.3 Å². The summed E-state index contributed by atoms with van der Waals surface area (Å²) in [5, 5.41) is 0. The zero-order chi connectivity index (χ0) is 30.7. The molecule has 0 aliphatic carbocycles. The van der Waals surface area contributed by atoms with Crippen LogP contribution in [-0.2, 0) is 31.6 Å². The highest BCUT2D eigenvalue weighted by molar-refractivity contribution is 6.00. The lowest BCUT2D eigenvalue weighted by Gasteiger charge is -2.35. The Morgan fingerprint density at radius 2 is 1.49 bits per heavy atom. The van der Waals surface area contributed by atoms with Crippen LogP contribution < -0.4 is 0 Å². The van der Waals surface area contributed by atoms with Crippen LogP contribution in [0.2, 0.25) is 0 Å². The van der Waals surface area contributed by atoms with Crippen molar-refractivity contribution in [3.05, 3.63) is 76.0 Å². The van der Waals surface area contributed by atoms with Crippen molar-refractivity contribution in [1.82, 2.24) is 14.5 Å². The Hall–Kier alpha value is -3.56. The van der Waals surface area contributed by atoms with Crippen molar-refractivity contribution in [1.29, 1.82) is 0 Å². The van der Waals surface area contributed by atoms with E-state index < -0.39 is 100 Å². The summed E-state index contributed by atoms with van der Waals surface area (Å²) in [6.07, 6.45) is -15.9. The smallest absolute Gasteiger partial charge is 0.321 e. The molecule has 1 aliphatic rings. The molecule has 2 aromatic carbocycles. The van der Waals surface area contributed by atoms with Gasteiger partial charge in [-0.3, -0.25) is 9.69 Å². The van der Waals surface area contributed by atoms with Gasteiger partial charge in [-0.15, -0.1) is 0 Å². The van der Waals surface area contributed by atoms with Crippen LogP contribution in [0.3, 0.4) is 0 Å². The van der Waals surface area contributed by atoms with E-state index in [9.17, 15) is 57.5 Å². The van der Waals surface area contributed by atoms with Gasteiger partial charge in [-0.1, -0.05) is 13.0 Å². The molecule has 0 radical (unpaired) electrons. The minimum atomic E-state index is -5.42. The number of benzene rings is 2. The highest BCUT2D eigenvalue weighted by Crippen LogP contribution is 2.44. The number of nitrogens with zero attached hydrogens (tertiary/aromatic N) is 3. The second-order valence-corrected chi connectivity index (χ2v) is 9.14. The lowest BCUT2D eigenvalue weighted by atomic mass is 9.97. The van der Waals surface area contributed by atoms with Crippen molar-refractivity contribution in [3.63, 3.8) is 0 Å². The van der Waals surface area contributed by atoms with Crippen molar-refractivity contribution in [2.45, 2.75) is 51.0 Å². The van der Waals surface area contributed by atoms with E-state index in [4.69, 9.17) is 0 Å². The molecule has 16 heteroatoms. The lowest BCUT2D eigenvalue weighted by molar-refractivity contribution is -0.148. The maximum Gasteiger partial charge on any atom is 0.449 e. The fourth-order valence-corrected chi connectivity index (χ4v) is 4.75. The average molecular weight is 603 g/mol. The monoisotopic (exact) mass is 603 g/mol. The largest absolute Gasteiger partial charge is 0.449 e. The molecule has 0 N–H and O–H groups in total. The summed E-state index contributed by atoms with van der Waals surface area (Å²) in [5.41, 5.74) is -6.89. The van der Waals surface area contributed by atoms with Crippen LogP contribution in [-0.4, -0.2) is 32.8 Å². The maximum absolute atomic E-state index is 14.3. The van der Waals surface area contributed by atoms with Crippen LogP contribution in [0, 0.1) is 17.5 Å². The molecule has 2 heterocycles. The second-order valence-electron chi connectivity index (χ2n) is 9.14. The van der Waals surface area contributed by atoms with Gasteiger partial charge in [0.05, 0.1) is 34.1 Å². The molecule has 0 saturated heterocycles. The van der Waals surface area contributed by atoms with E-state index in [0.717, 1.165) is 0 Å². The van der Waals surface area contributed by atoms with E-state index in [-0.39, 0.29) is 31.2 Å². The molecule has 0 bridgehead atoms. The molecule has 1 aliphatic heterocycles. The van der Waals surface area contributed by atoms with E-state index >= 15 is 0 Å².